The maximum absolute atomic E-state index is 15.4. The summed E-state index contributed by atoms with van der Waals surface area (Å²) >= 11 is 1.13. The maximum Gasteiger partial charge on any atom is 0.174 e. The van der Waals surface area contributed by atoms with Crippen molar-refractivity contribution in [3.8, 4) is 28.7 Å². The van der Waals surface area contributed by atoms with Gasteiger partial charge >= 0.3 is 0 Å². The van der Waals surface area contributed by atoms with E-state index in [0.29, 0.717) is 41.2 Å². The molecule has 0 aliphatic carbocycles. The fourth-order valence-corrected chi connectivity index (χ4v) is 5.75. The fraction of sp³-hybridized carbons (Fsp3) is 0.400. The normalized spacial score (nSPS) is 11.8. The quantitative estimate of drug-likeness (QED) is 0.123. The lowest BCUT2D eigenvalue weighted by Crippen LogP contribution is -2.32. The number of thioether (sulfide) groups is 1. The van der Waals surface area contributed by atoms with Crippen LogP contribution in [0.2, 0.25) is 0 Å². The summed E-state index contributed by atoms with van der Waals surface area (Å²) in [5, 5.41) is 0.417. The molecule has 4 rings (SSSR count). The first kappa shape index (κ1) is 35.8. The van der Waals surface area contributed by atoms with Crippen molar-refractivity contribution in [2.45, 2.75) is 63.2 Å². The highest BCUT2D eigenvalue weighted by atomic mass is 32.2. The summed E-state index contributed by atoms with van der Waals surface area (Å²) in [6.45, 7) is 10.0. The maximum atomic E-state index is 15.4. The molecule has 4 aromatic rings. The number of imidazole rings is 1. The Kier molecular flexibility index (Phi) is 11.3. The lowest BCUT2D eigenvalue weighted by atomic mass is 10.1. The van der Waals surface area contributed by atoms with Crippen LogP contribution in [0.1, 0.15) is 46.6 Å². The zero-order chi connectivity index (χ0) is 34.5. The van der Waals surface area contributed by atoms with Crippen molar-refractivity contribution in [2.24, 2.45) is 0 Å². The van der Waals surface area contributed by atoms with Gasteiger partial charge < -0.3 is 28.6 Å². The third-order valence-corrected chi connectivity index (χ3v) is 8.27. The van der Waals surface area contributed by atoms with Gasteiger partial charge in [0, 0.05) is 54.7 Å². The second-order valence-corrected chi connectivity index (χ2v) is 13.3. The third-order valence-electron chi connectivity index (χ3n) is 7.30. The molecule has 8 nitrogen and oxygen atoms in total. The van der Waals surface area contributed by atoms with Crippen LogP contribution in [0, 0.1) is 17.5 Å². The Labute approximate surface area is 278 Å². The average Bonchev–Trinajstić information content (AvgIpc) is 3.43. The minimum Gasteiger partial charge on any atom is -0.494 e. The Balaban J connectivity index is 1.63. The summed E-state index contributed by atoms with van der Waals surface area (Å²) in [5.74, 6) is -0.266. The molecule has 1 heterocycles. The van der Waals surface area contributed by atoms with Gasteiger partial charge in [-0.25, -0.2) is 18.2 Å². The van der Waals surface area contributed by atoms with Gasteiger partial charge in [-0.2, -0.15) is 0 Å². The van der Waals surface area contributed by atoms with Gasteiger partial charge in [-0.05, 0) is 58.9 Å². The number of methoxy groups -OCH3 is 3. The van der Waals surface area contributed by atoms with E-state index in [1.54, 1.807) is 37.1 Å². The van der Waals surface area contributed by atoms with Gasteiger partial charge in [-0.3, -0.25) is 4.57 Å². The predicted octanol–water partition coefficient (Wildman–Crippen LogP) is 8.74. The highest BCUT2D eigenvalue weighted by molar-refractivity contribution is 7.98. The van der Waals surface area contributed by atoms with E-state index in [1.807, 2.05) is 58.7 Å². The average molecular weight is 674 g/mol. The van der Waals surface area contributed by atoms with E-state index in [1.165, 1.54) is 31.4 Å². The second-order valence-electron chi connectivity index (χ2n) is 12.4. The van der Waals surface area contributed by atoms with E-state index in [9.17, 15) is 4.39 Å². The van der Waals surface area contributed by atoms with Gasteiger partial charge in [-0.15, -0.1) is 0 Å². The van der Waals surface area contributed by atoms with Gasteiger partial charge in [-0.1, -0.05) is 11.8 Å². The highest BCUT2D eigenvalue weighted by Gasteiger charge is 2.24. The van der Waals surface area contributed by atoms with Crippen LogP contribution in [0.25, 0.3) is 5.69 Å². The first-order chi connectivity index (χ1) is 22.2. The molecule has 0 aliphatic heterocycles. The molecule has 0 radical (unpaired) electrons. The smallest absolute Gasteiger partial charge is 0.174 e. The van der Waals surface area contributed by atoms with Crippen molar-refractivity contribution in [1.82, 2.24) is 9.55 Å². The van der Waals surface area contributed by atoms with Gasteiger partial charge in [0.05, 0.1) is 45.4 Å². The Morgan fingerprint density at radius 1 is 0.809 bits per heavy atom. The van der Waals surface area contributed by atoms with Crippen molar-refractivity contribution >= 4 is 23.3 Å². The van der Waals surface area contributed by atoms with Crippen LogP contribution in [-0.4, -0.2) is 55.7 Å². The van der Waals surface area contributed by atoms with Crippen LogP contribution in [0.15, 0.2) is 59.9 Å². The van der Waals surface area contributed by atoms with Crippen molar-refractivity contribution in [3.05, 3.63) is 77.7 Å². The molecule has 1 aromatic heterocycles. The molecule has 0 atom stereocenters. The zero-order valence-corrected chi connectivity index (χ0v) is 29.1. The molecular formula is C35H42F3N3O5S. The SMILES string of the molecule is COc1cc(-n2c(N(C)c3ccc(OC)c(OC)c3)cnc2SCc2c(F)cc(OC(C)(C)CCOC(C)(C)C)cc2F)ccc1F. The third kappa shape index (κ3) is 8.86. The zero-order valence-electron chi connectivity index (χ0n) is 28.2. The first-order valence-electron chi connectivity index (χ1n) is 15.0. The summed E-state index contributed by atoms with van der Waals surface area (Å²) in [6.07, 6.45) is 2.16. The van der Waals surface area contributed by atoms with Crippen molar-refractivity contribution < 1.29 is 36.9 Å². The number of rotatable bonds is 14. The Morgan fingerprint density at radius 2 is 1.47 bits per heavy atom. The number of benzene rings is 3. The van der Waals surface area contributed by atoms with Gasteiger partial charge in [0.1, 0.15) is 28.8 Å². The number of ether oxygens (including phenoxy) is 5. The molecule has 0 fully saturated rings. The molecule has 0 aliphatic rings. The number of anilines is 2. The molecule has 0 spiro atoms. The Hall–Kier alpha value is -4.03. The van der Waals surface area contributed by atoms with Crippen LogP contribution in [-0.2, 0) is 10.5 Å². The van der Waals surface area contributed by atoms with Crippen LogP contribution in [0.4, 0.5) is 24.7 Å². The second kappa shape index (κ2) is 14.8. The van der Waals surface area contributed by atoms with E-state index in [0.717, 1.165) is 17.4 Å². The van der Waals surface area contributed by atoms with Gasteiger partial charge in [0.25, 0.3) is 0 Å². The van der Waals surface area contributed by atoms with E-state index in [-0.39, 0.29) is 28.4 Å². The molecule has 0 unspecified atom stereocenters. The molecule has 0 saturated heterocycles. The van der Waals surface area contributed by atoms with Crippen LogP contribution in [0.5, 0.6) is 23.0 Å². The van der Waals surface area contributed by atoms with Crippen LogP contribution in [0.3, 0.4) is 0 Å². The largest absolute Gasteiger partial charge is 0.494 e. The number of hydrogen-bond acceptors (Lipinski definition) is 8. The van der Waals surface area contributed by atoms with Crippen LogP contribution >= 0.6 is 11.8 Å². The standard InChI is InChI=1S/C35H42F3N3O5S/c1-34(2,3)45-15-14-35(4,5)46-24-18-27(37)25(28(38)19-24)21-47-33-39-20-32(41(33)23-10-12-26(36)30(17-23)43-8)40(6)22-11-13-29(42-7)31(16-22)44-9/h10-13,16-20H,14-15,21H2,1-9H3. The fourth-order valence-electron chi connectivity index (χ4n) is 4.75. The molecule has 0 saturated carbocycles. The highest BCUT2D eigenvalue weighted by Crippen LogP contribution is 2.38. The minimum atomic E-state index is -0.738. The van der Waals surface area contributed by atoms with E-state index < -0.39 is 23.1 Å². The number of nitrogens with zero attached hydrogens (tertiary/aromatic N) is 3. The molecule has 0 bridgehead atoms. The van der Waals surface area contributed by atoms with E-state index in [4.69, 9.17) is 23.7 Å². The topological polar surface area (TPSA) is 67.2 Å². The number of halogens is 3. The summed E-state index contributed by atoms with van der Waals surface area (Å²) in [6, 6.07) is 12.2. The molecule has 3 aromatic carbocycles. The summed E-state index contributed by atoms with van der Waals surface area (Å²) in [5.41, 5.74) is 0.141. The number of hydrogen-bond donors (Lipinski definition) is 0. The van der Waals surface area contributed by atoms with E-state index >= 15 is 8.78 Å². The van der Waals surface area contributed by atoms with Crippen LogP contribution < -0.4 is 23.8 Å². The van der Waals surface area contributed by atoms with Crippen molar-refractivity contribution in [1.29, 1.82) is 0 Å². The Morgan fingerprint density at radius 3 is 2.09 bits per heavy atom. The van der Waals surface area contributed by atoms with Gasteiger partial charge in [0.2, 0.25) is 0 Å². The monoisotopic (exact) mass is 673 g/mol. The molecular weight excluding hydrogens is 631 g/mol. The lowest BCUT2D eigenvalue weighted by Gasteiger charge is -2.28. The first-order valence-corrected chi connectivity index (χ1v) is 16.0. The van der Waals surface area contributed by atoms with Crippen molar-refractivity contribution in [2.75, 3.05) is 39.9 Å². The lowest BCUT2D eigenvalue weighted by molar-refractivity contribution is -0.0293. The van der Waals surface area contributed by atoms with E-state index in [2.05, 4.69) is 4.98 Å². The summed E-state index contributed by atoms with van der Waals surface area (Å²) in [4.78, 5) is 6.45. The molecule has 254 valence electrons. The summed E-state index contributed by atoms with van der Waals surface area (Å²) in [7, 11) is 6.31. The molecule has 12 heteroatoms. The van der Waals surface area contributed by atoms with Gasteiger partial charge in [0.15, 0.2) is 28.2 Å². The minimum absolute atomic E-state index is 0.0347. The Bertz CT molecular complexity index is 1670. The predicted molar refractivity (Wildman–Crippen MR) is 179 cm³/mol. The number of aromatic nitrogens is 2. The van der Waals surface area contributed by atoms with Crippen molar-refractivity contribution in [3.63, 3.8) is 0 Å². The molecule has 0 N–H and O–H groups in total. The summed E-state index contributed by atoms with van der Waals surface area (Å²) < 4.78 is 74.7. The molecule has 47 heavy (non-hydrogen) atoms. The molecule has 0 amide bonds.